The lowest BCUT2D eigenvalue weighted by Gasteiger charge is -2.39. The molecule has 0 amide bonds. The van der Waals surface area contributed by atoms with Crippen molar-refractivity contribution in [2.75, 3.05) is 35.0 Å². The van der Waals surface area contributed by atoms with E-state index in [1.807, 2.05) is 6.07 Å². The minimum Gasteiger partial charge on any atom is -0.493 e. The molecule has 0 fully saturated rings. The second kappa shape index (κ2) is 9.84. The van der Waals surface area contributed by atoms with Crippen molar-refractivity contribution in [3.63, 3.8) is 0 Å². The van der Waals surface area contributed by atoms with Gasteiger partial charge in [0.25, 0.3) is 0 Å². The van der Waals surface area contributed by atoms with E-state index in [9.17, 15) is 0 Å². The monoisotopic (exact) mass is 497 g/mol. The van der Waals surface area contributed by atoms with Gasteiger partial charge in [-0.15, -0.1) is 0 Å². The first kappa shape index (κ1) is 22.5. The van der Waals surface area contributed by atoms with Crippen molar-refractivity contribution in [2.45, 2.75) is 19.0 Å². The molecule has 0 aliphatic carbocycles. The number of rotatable bonds is 7. The van der Waals surface area contributed by atoms with Gasteiger partial charge in [0.2, 0.25) is 0 Å². The number of benzene rings is 3. The van der Waals surface area contributed by atoms with Gasteiger partial charge in [-0.2, -0.15) is 0 Å². The summed E-state index contributed by atoms with van der Waals surface area (Å²) in [5.41, 5.74) is 4.86. The number of hydrogen-bond acceptors (Lipinski definition) is 5. The molecule has 4 rings (SSSR count). The molecule has 0 saturated heterocycles. The van der Waals surface area contributed by atoms with E-state index in [4.69, 9.17) is 18.9 Å². The van der Waals surface area contributed by atoms with Gasteiger partial charge in [0, 0.05) is 17.6 Å². The Hall–Kier alpha value is -2.70. The van der Waals surface area contributed by atoms with Gasteiger partial charge in [0.15, 0.2) is 23.0 Å². The van der Waals surface area contributed by atoms with E-state index >= 15 is 0 Å². The molecule has 32 heavy (non-hydrogen) atoms. The van der Waals surface area contributed by atoms with Crippen molar-refractivity contribution in [3.05, 3.63) is 81.3 Å². The number of halogens is 1. The summed E-state index contributed by atoms with van der Waals surface area (Å²) in [4.78, 5) is 2.50. The number of nitrogens with zero attached hydrogens (tertiary/aromatic N) is 1. The third kappa shape index (κ3) is 4.30. The van der Waals surface area contributed by atoms with Crippen molar-refractivity contribution < 1.29 is 18.9 Å². The fraction of sp³-hybridized carbons (Fsp3) is 0.308. The lowest BCUT2D eigenvalue weighted by molar-refractivity contribution is 0.202. The molecular formula is C26H28BrNO4. The van der Waals surface area contributed by atoms with E-state index in [1.54, 1.807) is 28.4 Å². The van der Waals surface area contributed by atoms with E-state index < -0.39 is 0 Å². The molecule has 0 bridgehead atoms. The fourth-order valence-corrected chi connectivity index (χ4v) is 4.97. The van der Waals surface area contributed by atoms with E-state index in [-0.39, 0.29) is 6.04 Å². The molecule has 3 aromatic carbocycles. The molecule has 1 heterocycles. The Bertz CT molecular complexity index is 1090. The molecule has 0 spiro atoms. The lowest BCUT2D eigenvalue weighted by Crippen LogP contribution is -2.36. The number of ether oxygens (including phenoxy) is 4. The van der Waals surface area contributed by atoms with Crippen molar-refractivity contribution >= 4 is 15.9 Å². The summed E-state index contributed by atoms with van der Waals surface area (Å²) in [6.45, 7) is 1.75. The minimum absolute atomic E-state index is 0.00735. The van der Waals surface area contributed by atoms with Gasteiger partial charge < -0.3 is 18.9 Å². The molecule has 1 atom stereocenters. The zero-order chi connectivity index (χ0) is 22.7. The van der Waals surface area contributed by atoms with Crippen molar-refractivity contribution in [2.24, 2.45) is 0 Å². The number of methoxy groups -OCH3 is 4. The minimum atomic E-state index is 0.00735. The highest BCUT2D eigenvalue weighted by atomic mass is 79.9. The van der Waals surface area contributed by atoms with E-state index in [1.165, 1.54) is 16.7 Å². The molecule has 1 aliphatic heterocycles. The molecule has 0 saturated carbocycles. The maximum Gasteiger partial charge on any atom is 0.161 e. The van der Waals surface area contributed by atoms with Crippen LogP contribution in [-0.4, -0.2) is 39.9 Å². The summed E-state index contributed by atoms with van der Waals surface area (Å²) in [6, 6.07) is 18.8. The highest BCUT2D eigenvalue weighted by Gasteiger charge is 2.32. The first-order valence-corrected chi connectivity index (χ1v) is 11.3. The Kier molecular flexibility index (Phi) is 6.92. The summed E-state index contributed by atoms with van der Waals surface area (Å²) in [5.74, 6) is 2.89. The van der Waals surface area contributed by atoms with Crippen molar-refractivity contribution in [1.29, 1.82) is 0 Å². The molecule has 5 nitrogen and oxygen atoms in total. The van der Waals surface area contributed by atoms with Crippen LogP contribution >= 0.6 is 15.9 Å². The van der Waals surface area contributed by atoms with Crippen LogP contribution in [0.4, 0.5) is 0 Å². The first-order valence-electron chi connectivity index (χ1n) is 10.5. The number of fused-ring (bicyclic) bond motifs is 1. The molecule has 3 aromatic rings. The summed E-state index contributed by atoms with van der Waals surface area (Å²) >= 11 is 3.80. The van der Waals surface area contributed by atoms with Crippen LogP contribution in [0.3, 0.4) is 0 Å². The molecule has 1 aliphatic rings. The summed E-state index contributed by atoms with van der Waals surface area (Å²) in [5, 5.41) is 0. The Balaban J connectivity index is 1.88. The maximum atomic E-state index is 5.65. The van der Waals surface area contributed by atoms with Crippen LogP contribution in [0, 0.1) is 0 Å². The second-order valence-corrected chi connectivity index (χ2v) is 8.60. The van der Waals surface area contributed by atoms with Crippen molar-refractivity contribution in [3.8, 4) is 23.0 Å². The summed E-state index contributed by atoms with van der Waals surface area (Å²) in [6.07, 6.45) is 0.934. The standard InChI is InChI=1S/C26H28BrNO4/c1-29-22-12-18-10-11-28(16-17-8-6-5-7-9-17)26(19(18)13-23(22)30-2)20-14-24(31-3)25(32-4)15-21(20)27/h5-9,12-15,26H,10-11,16H2,1-4H3/t26-/m0/s1. The summed E-state index contributed by atoms with van der Waals surface area (Å²) in [7, 11) is 6.67. The largest absolute Gasteiger partial charge is 0.493 e. The SMILES string of the molecule is COc1cc(Br)c([C@@H]2c3cc(OC)c(OC)cc3CCN2Cc2ccccc2)cc1OC. The molecule has 0 aromatic heterocycles. The van der Waals surface area contributed by atoms with Crippen molar-refractivity contribution in [1.82, 2.24) is 4.90 Å². The average molecular weight is 498 g/mol. The Morgan fingerprint density at radius 1 is 0.781 bits per heavy atom. The number of hydrogen-bond donors (Lipinski definition) is 0. The molecular weight excluding hydrogens is 470 g/mol. The molecule has 0 unspecified atom stereocenters. The van der Waals surface area contributed by atoms with Gasteiger partial charge in [-0.3, -0.25) is 4.90 Å². The Morgan fingerprint density at radius 3 is 1.97 bits per heavy atom. The molecule has 168 valence electrons. The smallest absolute Gasteiger partial charge is 0.161 e. The van der Waals surface area contributed by atoms with Gasteiger partial charge in [-0.05, 0) is 52.9 Å². The van der Waals surface area contributed by atoms with Crippen LogP contribution in [0.5, 0.6) is 23.0 Å². The zero-order valence-corrected chi connectivity index (χ0v) is 20.4. The topological polar surface area (TPSA) is 40.2 Å². The highest BCUT2D eigenvalue weighted by molar-refractivity contribution is 9.10. The van der Waals surface area contributed by atoms with Gasteiger partial charge in [-0.25, -0.2) is 0 Å². The van der Waals surface area contributed by atoms with Crippen LogP contribution in [0.25, 0.3) is 0 Å². The van der Waals surface area contributed by atoms with Crippen LogP contribution in [-0.2, 0) is 13.0 Å². The predicted octanol–water partition coefficient (Wildman–Crippen LogP) is 5.63. The van der Waals surface area contributed by atoms with Gasteiger partial charge in [0.05, 0.1) is 34.5 Å². The van der Waals surface area contributed by atoms with Crippen LogP contribution in [0.15, 0.2) is 59.1 Å². The Labute approximate surface area is 198 Å². The third-order valence-corrected chi connectivity index (χ3v) is 6.69. The van der Waals surface area contributed by atoms with Gasteiger partial charge in [0.1, 0.15) is 0 Å². The Morgan fingerprint density at radius 2 is 1.34 bits per heavy atom. The molecule has 0 N–H and O–H groups in total. The maximum absolute atomic E-state index is 5.65. The zero-order valence-electron chi connectivity index (χ0n) is 18.9. The van der Waals surface area contributed by atoms with E-state index in [0.29, 0.717) is 11.5 Å². The van der Waals surface area contributed by atoms with Crippen LogP contribution < -0.4 is 18.9 Å². The fourth-order valence-electron chi connectivity index (χ4n) is 4.43. The second-order valence-electron chi connectivity index (χ2n) is 7.74. The molecule has 6 heteroatoms. The van der Waals surface area contributed by atoms with Gasteiger partial charge in [-0.1, -0.05) is 46.3 Å². The predicted molar refractivity (Wildman–Crippen MR) is 129 cm³/mol. The molecule has 0 radical (unpaired) electrons. The average Bonchev–Trinajstić information content (AvgIpc) is 2.83. The normalized spacial score (nSPS) is 15.7. The van der Waals surface area contributed by atoms with Crippen LogP contribution in [0.2, 0.25) is 0 Å². The highest BCUT2D eigenvalue weighted by Crippen LogP contribution is 2.45. The third-order valence-electron chi connectivity index (χ3n) is 6.00. The summed E-state index contributed by atoms with van der Waals surface area (Å²) < 4.78 is 23.3. The first-order chi connectivity index (χ1) is 15.6. The van der Waals surface area contributed by atoms with E-state index in [2.05, 4.69) is 69.4 Å². The van der Waals surface area contributed by atoms with Crippen LogP contribution in [0.1, 0.15) is 28.3 Å². The van der Waals surface area contributed by atoms with Gasteiger partial charge >= 0.3 is 0 Å². The van der Waals surface area contributed by atoms with E-state index in [0.717, 1.165) is 41.0 Å². The quantitative estimate of drug-likeness (QED) is 0.422. The lowest BCUT2D eigenvalue weighted by atomic mass is 9.87.